The first-order chi connectivity index (χ1) is 8.70. The predicted octanol–water partition coefficient (Wildman–Crippen LogP) is 2.81. The molecular weight excluding hydrogens is 273 g/mol. The maximum absolute atomic E-state index is 5.94. The fourth-order valence-electron chi connectivity index (χ4n) is 1.88. The zero-order valence-electron chi connectivity index (χ0n) is 9.49. The molecule has 0 atom stereocenters. The van der Waals surface area contributed by atoms with Crippen LogP contribution >= 0.6 is 23.2 Å². The first kappa shape index (κ1) is 12.0. The minimum atomic E-state index is 0.529. The van der Waals surface area contributed by atoms with Crippen molar-refractivity contribution >= 4 is 23.2 Å². The van der Waals surface area contributed by atoms with E-state index in [-0.39, 0.29) is 0 Å². The molecule has 0 saturated carbocycles. The standard InChI is InChI=1S/C12H11Cl2N3O/c13-9-2-8(3-10(14)4-9)12-16-11(18-17-12)1-7-5-15-6-7/h2-4,7,15H,1,5-6H2. The molecule has 3 rings (SSSR count). The highest BCUT2D eigenvalue weighted by atomic mass is 35.5. The average molecular weight is 284 g/mol. The molecule has 0 aliphatic carbocycles. The highest BCUT2D eigenvalue weighted by Gasteiger charge is 2.20. The summed E-state index contributed by atoms with van der Waals surface area (Å²) < 4.78 is 5.23. The van der Waals surface area contributed by atoms with Gasteiger partial charge in [-0.2, -0.15) is 4.98 Å². The van der Waals surface area contributed by atoms with E-state index in [2.05, 4.69) is 15.5 Å². The van der Waals surface area contributed by atoms with Crippen molar-refractivity contribution in [1.82, 2.24) is 15.5 Å². The van der Waals surface area contributed by atoms with Gasteiger partial charge in [0.1, 0.15) is 0 Å². The summed E-state index contributed by atoms with van der Waals surface area (Å²) in [5.74, 6) is 1.79. The van der Waals surface area contributed by atoms with Crippen molar-refractivity contribution in [2.45, 2.75) is 6.42 Å². The number of nitrogens with one attached hydrogen (secondary N) is 1. The Balaban J connectivity index is 1.82. The van der Waals surface area contributed by atoms with E-state index < -0.39 is 0 Å². The number of hydrogen-bond donors (Lipinski definition) is 1. The lowest BCUT2D eigenvalue weighted by molar-refractivity contribution is 0.296. The molecule has 1 aromatic carbocycles. The molecule has 1 aliphatic heterocycles. The quantitative estimate of drug-likeness (QED) is 0.941. The van der Waals surface area contributed by atoms with Crippen LogP contribution in [0.5, 0.6) is 0 Å². The van der Waals surface area contributed by atoms with E-state index >= 15 is 0 Å². The van der Waals surface area contributed by atoms with Crippen LogP contribution in [0.15, 0.2) is 22.7 Å². The third kappa shape index (κ3) is 2.51. The van der Waals surface area contributed by atoms with Gasteiger partial charge >= 0.3 is 0 Å². The highest BCUT2D eigenvalue weighted by Crippen LogP contribution is 2.25. The summed E-state index contributed by atoms with van der Waals surface area (Å²) in [6.45, 7) is 2.03. The van der Waals surface area contributed by atoms with Crippen LogP contribution in [0.1, 0.15) is 5.89 Å². The summed E-state index contributed by atoms with van der Waals surface area (Å²) in [6, 6.07) is 5.22. The fraction of sp³-hybridized carbons (Fsp3) is 0.333. The van der Waals surface area contributed by atoms with Gasteiger partial charge in [0, 0.05) is 22.0 Å². The van der Waals surface area contributed by atoms with Crippen LogP contribution in [0.2, 0.25) is 10.0 Å². The van der Waals surface area contributed by atoms with E-state index in [1.807, 2.05) is 0 Å². The largest absolute Gasteiger partial charge is 0.339 e. The third-order valence-electron chi connectivity index (χ3n) is 2.92. The van der Waals surface area contributed by atoms with Gasteiger partial charge in [0.05, 0.1) is 0 Å². The van der Waals surface area contributed by atoms with Gasteiger partial charge in [-0.1, -0.05) is 28.4 Å². The van der Waals surface area contributed by atoms with Crippen LogP contribution < -0.4 is 5.32 Å². The smallest absolute Gasteiger partial charge is 0.227 e. The molecule has 1 aromatic heterocycles. The van der Waals surface area contributed by atoms with Crippen LogP contribution in [0, 0.1) is 5.92 Å². The van der Waals surface area contributed by atoms with Gasteiger partial charge in [-0.05, 0) is 37.2 Å². The molecule has 18 heavy (non-hydrogen) atoms. The Bertz CT molecular complexity index is 546. The minimum absolute atomic E-state index is 0.529. The molecule has 1 fully saturated rings. The topological polar surface area (TPSA) is 51.0 Å². The SMILES string of the molecule is Clc1cc(Cl)cc(-c2noc(CC3CNC3)n2)c1. The Kier molecular flexibility index (Phi) is 3.24. The Morgan fingerprint density at radius 3 is 2.56 bits per heavy atom. The molecular formula is C12H11Cl2N3O. The lowest BCUT2D eigenvalue weighted by Gasteiger charge is -2.25. The van der Waals surface area contributed by atoms with Crippen molar-refractivity contribution in [3.05, 3.63) is 34.1 Å². The summed E-state index contributed by atoms with van der Waals surface area (Å²) in [4.78, 5) is 4.36. The van der Waals surface area contributed by atoms with Crippen LogP contribution in [0.4, 0.5) is 0 Å². The normalized spacial score (nSPS) is 15.7. The van der Waals surface area contributed by atoms with E-state index in [4.69, 9.17) is 27.7 Å². The van der Waals surface area contributed by atoms with Gasteiger partial charge in [-0.25, -0.2) is 0 Å². The molecule has 1 N–H and O–H groups in total. The van der Waals surface area contributed by atoms with Crippen LogP contribution in [-0.2, 0) is 6.42 Å². The lowest BCUT2D eigenvalue weighted by atomic mass is 10.00. The second-order valence-corrected chi connectivity index (χ2v) is 5.27. The lowest BCUT2D eigenvalue weighted by Crippen LogP contribution is -2.43. The van der Waals surface area contributed by atoms with Crippen molar-refractivity contribution in [3.63, 3.8) is 0 Å². The number of halogens is 2. The molecule has 0 spiro atoms. The van der Waals surface area contributed by atoms with E-state index in [0.717, 1.165) is 25.1 Å². The van der Waals surface area contributed by atoms with Crippen LogP contribution in [0.25, 0.3) is 11.4 Å². The van der Waals surface area contributed by atoms with Gasteiger partial charge in [0.15, 0.2) is 0 Å². The Hall–Kier alpha value is -1.10. The van der Waals surface area contributed by atoms with E-state index in [0.29, 0.717) is 27.7 Å². The van der Waals surface area contributed by atoms with Gasteiger partial charge < -0.3 is 9.84 Å². The Labute approximate surface area is 114 Å². The Morgan fingerprint density at radius 2 is 1.94 bits per heavy atom. The molecule has 2 heterocycles. The van der Waals surface area contributed by atoms with Gasteiger partial charge in [0.2, 0.25) is 11.7 Å². The van der Waals surface area contributed by atoms with Crippen molar-refractivity contribution in [1.29, 1.82) is 0 Å². The number of benzene rings is 1. The van der Waals surface area contributed by atoms with E-state index in [9.17, 15) is 0 Å². The maximum atomic E-state index is 5.94. The molecule has 0 bridgehead atoms. The van der Waals surface area contributed by atoms with E-state index in [1.165, 1.54) is 0 Å². The van der Waals surface area contributed by atoms with Crippen LogP contribution in [-0.4, -0.2) is 23.2 Å². The monoisotopic (exact) mass is 283 g/mol. The summed E-state index contributed by atoms with van der Waals surface area (Å²) in [7, 11) is 0. The summed E-state index contributed by atoms with van der Waals surface area (Å²) in [5, 5.41) is 8.29. The molecule has 0 amide bonds. The molecule has 94 valence electrons. The molecule has 1 saturated heterocycles. The maximum Gasteiger partial charge on any atom is 0.227 e. The predicted molar refractivity (Wildman–Crippen MR) is 69.8 cm³/mol. The average Bonchev–Trinajstić information content (AvgIpc) is 2.70. The molecule has 4 nitrogen and oxygen atoms in total. The first-order valence-corrected chi connectivity index (χ1v) is 6.46. The summed E-state index contributed by atoms with van der Waals surface area (Å²) in [6.07, 6.45) is 0.814. The van der Waals surface area contributed by atoms with Crippen LogP contribution in [0.3, 0.4) is 0 Å². The van der Waals surface area contributed by atoms with Crippen molar-refractivity contribution in [2.24, 2.45) is 5.92 Å². The van der Waals surface area contributed by atoms with Gasteiger partial charge in [-0.15, -0.1) is 0 Å². The molecule has 1 aliphatic rings. The first-order valence-electron chi connectivity index (χ1n) is 5.70. The summed E-state index contributed by atoms with van der Waals surface area (Å²) >= 11 is 11.9. The number of nitrogens with zero attached hydrogens (tertiary/aromatic N) is 2. The molecule has 6 heteroatoms. The zero-order chi connectivity index (χ0) is 12.5. The van der Waals surface area contributed by atoms with Gasteiger partial charge in [-0.3, -0.25) is 0 Å². The number of hydrogen-bond acceptors (Lipinski definition) is 4. The second-order valence-electron chi connectivity index (χ2n) is 4.40. The number of aromatic nitrogens is 2. The minimum Gasteiger partial charge on any atom is -0.339 e. The van der Waals surface area contributed by atoms with E-state index in [1.54, 1.807) is 18.2 Å². The van der Waals surface area contributed by atoms with Gasteiger partial charge in [0.25, 0.3) is 0 Å². The molecule has 0 unspecified atom stereocenters. The second kappa shape index (κ2) is 4.88. The highest BCUT2D eigenvalue weighted by molar-refractivity contribution is 6.35. The fourth-order valence-corrected chi connectivity index (χ4v) is 2.40. The molecule has 2 aromatic rings. The van der Waals surface area contributed by atoms with Crippen molar-refractivity contribution in [3.8, 4) is 11.4 Å². The number of rotatable bonds is 3. The summed E-state index contributed by atoms with van der Waals surface area (Å²) in [5.41, 5.74) is 0.772. The third-order valence-corrected chi connectivity index (χ3v) is 3.35. The Morgan fingerprint density at radius 1 is 1.22 bits per heavy atom. The zero-order valence-corrected chi connectivity index (χ0v) is 11.0. The van der Waals surface area contributed by atoms with Crippen molar-refractivity contribution in [2.75, 3.05) is 13.1 Å². The van der Waals surface area contributed by atoms with Crippen molar-refractivity contribution < 1.29 is 4.52 Å². The molecule has 0 radical (unpaired) electrons.